The smallest absolute Gasteiger partial charge is 0.312 e. The van der Waals surface area contributed by atoms with Crippen molar-refractivity contribution in [3.05, 3.63) is 102 Å². The van der Waals surface area contributed by atoms with Gasteiger partial charge in [-0.3, -0.25) is 9.78 Å². The number of ether oxygens (including phenoxy) is 1. The van der Waals surface area contributed by atoms with Crippen molar-refractivity contribution in [3.63, 3.8) is 0 Å². The minimum absolute atomic E-state index is 0. The molecule has 1 aromatic heterocycles. The van der Waals surface area contributed by atoms with E-state index in [4.69, 9.17) is 9.72 Å². The van der Waals surface area contributed by atoms with Crippen LogP contribution in [0.3, 0.4) is 0 Å². The molecule has 5 atom stereocenters. The first kappa shape index (κ1) is 32.4. The van der Waals surface area contributed by atoms with Crippen molar-refractivity contribution in [3.8, 4) is 0 Å². The van der Waals surface area contributed by atoms with E-state index in [1.54, 1.807) is 0 Å². The van der Waals surface area contributed by atoms with E-state index < -0.39 is 0 Å². The lowest BCUT2D eigenvalue weighted by Gasteiger charge is -2.59. The van der Waals surface area contributed by atoms with Crippen LogP contribution in [0.1, 0.15) is 81.9 Å². The molecular weight excluding hydrogens is 636 g/mol. The summed E-state index contributed by atoms with van der Waals surface area (Å²) >= 11 is 0. The van der Waals surface area contributed by atoms with E-state index >= 15 is 0 Å². The van der Waals surface area contributed by atoms with Gasteiger partial charge in [0.15, 0.2) is 6.10 Å². The highest BCUT2D eigenvalue weighted by Crippen LogP contribution is 2.61. The number of benzene rings is 4. The third-order valence-corrected chi connectivity index (χ3v) is 14.4. The summed E-state index contributed by atoms with van der Waals surface area (Å²) in [4.78, 5) is 19.7. The maximum absolute atomic E-state index is 15.0. The average Bonchev–Trinajstić information content (AvgIpc) is 3.13. The Kier molecular flexibility index (Phi) is 8.01. The van der Waals surface area contributed by atoms with Crippen molar-refractivity contribution in [1.29, 1.82) is 0 Å². The van der Waals surface area contributed by atoms with Crippen LogP contribution in [0.4, 0.5) is 0 Å². The zero-order chi connectivity index (χ0) is 32.7. The van der Waals surface area contributed by atoms with E-state index in [0.29, 0.717) is 29.6 Å². The van der Waals surface area contributed by atoms with E-state index in [1.807, 2.05) is 6.20 Å². The molecule has 4 nitrogen and oxygen atoms in total. The number of hydrogen-bond acceptors (Lipinski definition) is 3. The number of halogens is 1. The van der Waals surface area contributed by atoms with Crippen molar-refractivity contribution in [1.82, 2.24) is 4.98 Å². The number of carbonyl (C=O) groups excluding carboxylic acids is 1. The molecule has 258 valence electrons. The molecule has 7 aliphatic rings. The minimum atomic E-state index is -0.296. The quantitative estimate of drug-likeness (QED) is 0.104. The molecule has 4 aliphatic carbocycles. The molecule has 4 aromatic carbocycles. The van der Waals surface area contributed by atoms with Gasteiger partial charge < -0.3 is 21.6 Å². The molecule has 0 N–H and O–H groups in total. The number of nitrogens with zero attached hydrogens (tertiary/aromatic N) is 2. The normalized spacial score (nSPS) is 33.1. The SMILES string of the molecule is CC[C@H]1C[N+]2(Cc3c4ccccc4cc4ccccc34)CC[C@H]1C[C@@H]2[C@@H](OC(=O)C12CC3CC(CC(C3)C1)C2)c1ccnc2ccccc12.[Cl-]. The van der Waals surface area contributed by atoms with Gasteiger partial charge in [-0.15, -0.1) is 0 Å². The fraction of sp³-hybridized carbons (Fsp3) is 0.467. The fourth-order valence-electron chi connectivity index (χ4n) is 12.6. The van der Waals surface area contributed by atoms with Crippen molar-refractivity contribution < 1.29 is 26.4 Å². The van der Waals surface area contributed by atoms with Crippen LogP contribution in [0, 0.1) is 35.0 Å². The second-order valence-corrected chi connectivity index (χ2v) is 17.0. The van der Waals surface area contributed by atoms with Crippen LogP contribution in [-0.4, -0.2) is 34.6 Å². The zero-order valence-corrected chi connectivity index (χ0v) is 30.0. The van der Waals surface area contributed by atoms with Crippen LogP contribution >= 0.6 is 0 Å². The molecule has 4 heterocycles. The van der Waals surface area contributed by atoms with Crippen LogP contribution in [-0.2, 0) is 16.1 Å². The third kappa shape index (κ3) is 5.11. The summed E-state index contributed by atoms with van der Waals surface area (Å²) in [6.07, 6.45) is 12.3. The van der Waals surface area contributed by atoms with E-state index in [-0.39, 0.29) is 35.9 Å². The van der Waals surface area contributed by atoms with Gasteiger partial charge in [-0.25, -0.2) is 0 Å². The van der Waals surface area contributed by atoms with Crippen LogP contribution in [0.15, 0.2) is 91.1 Å². The standard InChI is InChI=1S/C45H49N2O2.ClH/c1-2-32-27-47(28-40-36-11-5-3-9-34(36)22-35-10-4-6-12-37(35)40)18-16-33(32)23-42(47)43(39-15-17-46-41-14-8-7-13-38(39)41)49-44(48)45-24-29-19-30(25-45)21-31(20-29)26-45;/h3-15,17,22,29-33,42-43H,2,16,18-21,23-28H2,1H3;1H/q+1;/p-1/t29?,30?,31?,32-,33-,42+,43-,45?,47?;/m0./s1. The first-order chi connectivity index (χ1) is 24.0. The first-order valence-corrected chi connectivity index (χ1v) is 19.3. The monoisotopic (exact) mass is 684 g/mol. The summed E-state index contributed by atoms with van der Waals surface area (Å²) in [5.41, 5.74) is 3.32. The van der Waals surface area contributed by atoms with Gasteiger partial charge in [0.25, 0.3) is 0 Å². The lowest BCUT2D eigenvalue weighted by Crippen LogP contribution is -3.00. The molecule has 3 saturated heterocycles. The third-order valence-electron chi connectivity index (χ3n) is 14.4. The Labute approximate surface area is 302 Å². The van der Waals surface area contributed by atoms with Crippen molar-refractivity contribution in [2.45, 2.75) is 83.4 Å². The van der Waals surface area contributed by atoms with Crippen LogP contribution in [0.5, 0.6) is 0 Å². The summed E-state index contributed by atoms with van der Waals surface area (Å²) in [7, 11) is 0. The minimum Gasteiger partial charge on any atom is -1.00 e. The molecule has 4 saturated carbocycles. The zero-order valence-electron chi connectivity index (χ0n) is 29.3. The highest BCUT2D eigenvalue weighted by Gasteiger charge is 2.59. The second-order valence-electron chi connectivity index (χ2n) is 17.0. The summed E-state index contributed by atoms with van der Waals surface area (Å²) in [6.45, 7) is 5.64. The number of esters is 1. The molecule has 6 bridgehead atoms. The van der Waals surface area contributed by atoms with Gasteiger partial charge >= 0.3 is 5.97 Å². The van der Waals surface area contributed by atoms with Gasteiger partial charge in [0.2, 0.25) is 0 Å². The molecule has 50 heavy (non-hydrogen) atoms. The Morgan fingerprint density at radius 2 is 1.46 bits per heavy atom. The van der Waals surface area contributed by atoms with E-state index in [2.05, 4.69) is 91.9 Å². The molecule has 0 radical (unpaired) electrons. The number of quaternary nitrogens is 1. The molecule has 1 unspecified atom stereocenters. The summed E-state index contributed by atoms with van der Waals surface area (Å²) in [5, 5.41) is 6.50. The predicted molar refractivity (Wildman–Crippen MR) is 197 cm³/mol. The molecule has 0 amide bonds. The number of carbonyl (C=O) groups is 1. The topological polar surface area (TPSA) is 39.2 Å². The largest absolute Gasteiger partial charge is 1.00 e. The fourth-order valence-corrected chi connectivity index (χ4v) is 12.6. The van der Waals surface area contributed by atoms with Gasteiger partial charge in [-0.1, -0.05) is 73.7 Å². The maximum Gasteiger partial charge on any atom is 0.312 e. The number of aromatic nitrogens is 1. The number of fused-ring (bicyclic) bond motifs is 6. The number of pyridine rings is 1. The highest BCUT2D eigenvalue weighted by atomic mass is 35.5. The Bertz CT molecular complexity index is 2000. The first-order valence-electron chi connectivity index (χ1n) is 19.3. The number of rotatable bonds is 7. The number of hydrogen-bond donors (Lipinski definition) is 0. The van der Waals surface area contributed by atoms with Gasteiger partial charge in [0.1, 0.15) is 12.6 Å². The molecular formula is C45H49ClN2O2. The molecule has 5 heteroatoms. The molecule has 7 fully saturated rings. The predicted octanol–water partition coefficient (Wildman–Crippen LogP) is 7.18. The lowest BCUT2D eigenvalue weighted by molar-refractivity contribution is -0.985. The summed E-state index contributed by atoms with van der Waals surface area (Å²) < 4.78 is 8.23. The van der Waals surface area contributed by atoms with Crippen LogP contribution in [0.2, 0.25) is 0 Å². The van der Waals surface area contributed by atoms with Gasteiger partial charge in [-0.2, -0.15) is 0 Å². The van der Waals surface area contributed by atoms with Gasteiger partial charge in [0, 0.05) is 41.5 Å². The maximum atomic E-state index is 15.0. The van der Waals surface area contributed by atoms with E-state index in [0.717, 1.165) is 66.3 Å². The Morgan fingerprint density at radius 1 is 0.840 bits per heavy atom. The van der Waals surface area contributed by atoms with Crippen LogP contribution in [0.25, 0.3) is 32.4 Å². The van der Waals surface area contributed by atoms with Crippen molar-refractivity contribution >= 4 is 38.4 Å². The van der Waals surface area contributed by atoms with Gasteiger partial charge in [0.05, 0.1) is 24.0 Å². The molecule has 5 aromatic rings. The Morgan fingerprint density at radius 3 is 2.12 bits per heavy atom. The summed E-state index contributed by atoms with van der Waals surface area (Å²) in [5.74, 6) is 3.60. The van der Waals surface area contributed by atoms with Crippen LogP contribution < -0.4 is 12.4 Å². The lowest BCUT2D eigenvalue weighted by atomic mass is 9.49. The van der Waals surface area contributed by atoms with Gasteiger partial charge in [-0.05, 0) is 108 Å². The summed E-state index contributed by atoms with van der Waals surface area (Å²) in [6, 6.07) is 31.2. The molecule has 3 aliphatic heterocycles. The highest BCUT2D eigenvalue weighted by molar-refractivity contribution is 6.02. The number of para-hydroxylation sites is 1. The van der Waals surface area contributed by atoms with Crippen molar-refractivity contribution in [2.75, 3.05) is 13.1 Å². The van der Waals surface area contributed by atoms with E-state index in [1.165, 1.54) is 59.2 Å². The average molecular weight is 685 g/mol. The second kappa shape index (κ2) is 12.3. The van der Waals surface area contributed by atoms with Crippen molar-refractivity contribution in [2.24, 2.45) is 35.0 Å². The number of piperidine rings is 3. The molecule has 12 rings (SSSR count). The Hall–Kier alpha value is -3.47. The van der Waals surface area contributed by atoms with E-state index in [9.17, 15) is 4.79 Å². The molecule has 0 spiro atoms. The Balaban J connectivity index is 0.00000336.